The molecule has 0 aliphatic rings. The van der Waals surface area contributed by atoms with Crippen molar-refractivity contribution in [1.82, 2.24) is 19.8 Å². The summed E-state index contributed by atoms with van der Waals surface area (Å²) in [6, 6.07) is 22.7. The number of amides is 1. The molecule has 1 amide bonds. The van der Waals surface area contributed by atoms with Gasteiger partial charge in [-0.05, 0) is 42.0 Å². The largest absolute Gasteiger partial charge is 0.497 e. The lowest BCUT2D eigenvalue weighted by atomic mass is 10.1. The zero-order chi connectivity index (χ0) is 23.7. The van der Waals surface area contributed by atoms with E-state index >= 15 is 0 Å². The van der Waals surface area contributed by atoms with Crippen LogP contribution in [0.25, 0.3) is 27.8 Å². The molecule has 5 rings (SSSR count). The molecular weight excluding hydrogens is 432 g/mol. The molecule has 0 saturated carbocycles. The quantitative estimate of drug-likeness (QED) is 0.383. The lowest BCUT2D eigenvalue weighted by Gasteiger charge is -2.15. The molecule has 0 aliphatic carbocycles. The highest BCUT2D eigenvalue weighted by molar-refractivity contribution is 6.01. The predicted molar refractivity (Wildman–Crippen MR) is 129 cm³/mol. The number of nitrogens with one attached hydrogen (secondary N) is 1. The van der Waals surface area contributed by atoms with E-state index in [0.29, 0.717) is 22.9 Å². The van der Waals surface area contributed by atoms with Gasteiger partial charge in [0.25, 0.3) is 5.91 Å². The molecule has 1 unspecified atom stereocenters. The van der Waals surface area contributed by atoms with Crippen LogP contribution in [0.1, 0.15) is 11.7 Å². The number of ether oxygens (including phenoxy) is 2. The molecule has 0 spiro atoms. The third-order valence-electron chi connectivity index (χ3n) is 5.56. The summed E-state index contributed by atoms with van der Waals surface area (Å²) in [5.74, 6) is 1.41. The molecule has 0 fully saturated rings. The van der Waals surface area contributed by atoms with Gasteiger partial charge in [0.05, 0.1) is 7.11 Å². The van der Waals surface area contributed by atoms with Crippen LogP contribution in [-0.4, -0.2) is 39.9 Å². The number of hydrogen-bond acceptors (Lipinski definition) is 7. The van der Waals surface area contributed by atoms with Gasteiger partial charge in [0.2, 0.25) is 0 Å². The number of fused-ring (bicyclic) bond motifs is 3. The summed E-state index contributed by atoms with van der Waals surface area (Å²) in [6.07, 6.45) is -0.839. The average molecular weight is 454 g/mol. The van der Waals surface area contributed by atoms with E-state index in [1.54, 1.807) is 17.7 Å². The highest BCUT2D eigenvalue weighted by Gasteiger charge is 2.18. The number of aromatic nitrogens is 4. The fourth-order valence-electron chi connectivity index (χ4n) is 3.93. The monoisotopic (exact) mass is 454 g/mol. The Morgan fingerprint density at radius 3 is 2.44 bits per heavy atom. The zero-order valence-corrected chi connectivity index (χ0v) is 18.6. The van der Waals surface area contributed by atoms with E-state index in [1.807, 2.05) is 66.7 Å². The first-order valence-corrected chi connectivity index (χ1v) is 10.6. The van der Waals surface area contributed by atoms with Crippen LogP contribution < -0.4 is 15.8 Å². The van der Waals surface area contributed by atoms with Crippen molar-refractivity contribution in [2.45, 2.75) is 6.10 Å². The minimum Gasteiger partial charge on any atom is -0.497 e. The molecule has 3 N–H and O–H groups in total. The van der Waals surface area contributed by atoms with Gasteiger partial charge in [-0.2, -0.15) is 4.52 Å². The van der Waals surface area contributed by atoms with Crippen molar-refractivity contribution in [2.24, 2.45) is 5.73 Å². The smallest absolute Gasteiger partial charge is 0.251 e. The van der Waals surface area contributed by atoms with Crippen molar-refractivity contribution in [3.05, 3.63) is 78.4 Å². The Kier molecular flexibility index (Phi) is 5.52. The number of rotatable bonds is 7. The summed E-state index contributed by atoms with van der Waals surface area (Å²) >= 11 is 0. The maximum absolute atomic E-state index is 11.7. The van der Waals surface area contributed by atoms with E-state index in [-0.39, 0.29) is 0 Å². The van der Waals surface area contributed by atoms with Crippen LogP contribution in [0.5, 0.6) is 5.75 Å². The Bertz CT molecular complexity index is 1500. The number of methoxy groups -OCH3 is 2. The van der Waals surface area contributed by atoms with Crippen molar-refractivity contribution < 1.29 is 14.3 Å². The highest BCUT2D eigenvalue weighted by atomic mass is 16.5. The van der Waals surface area contributed by atoms with Crippen LogP contribution in [0.2, 0.25) is 0 Å². The number of nitrogens with zero attached hydrogens (tertiary/aromatic N) is 4. The molecule has 34 heavy (non-hydrogen) atoms. The van der Waals surface area contributed by atoms with Gasteiger partial charge in [0, 0.05) is 29.1 Å². The number of hydrogen-bond donors (Lipinski definition) is 2. The maximum atomic E-state index is 11.7. The van der Waals surface area contributed by atoms with E-state index in [0.717, 1.165) is 27.8 Å². The van der Waals surface area contributed by atoms with E-state index in [1.165, 1.54) is 7.11 Å². The lowest BCUT2D eigenvalue weighted by molar-refractivity contribution is -0.128. The molecule has 9 nitrogen and oxygen atoms in total. The van der Waals surface area contributed by atoms with Crippen LogP contribution >= 0.6 is 0 Å². The summed E-state index contributed by atoms with van der Waals surface area (Å²) in [5, 5.41) is 18.8. The first kappa shape index (κ1) is 21.4. The van der Waals surface area contributed by atoms with Crippen LogP contribution in [0, 0.1) is 0 Å². The second kappa shape index (κ2) is 8.80. The van der Waals surface area contributed by atoms with Crippen LogP contribution in [0.3, 0.4) is 0 Å². The second-order valence-corrected chi connectivity index (χ2v) is 7.65. The number of benzene rings is 3. The molecule has 3 aromatic carbocycles. The van der Waals surface area contributed by atoms with Gasteiger partial charge in [-0.15, -0.1) is 15.3 Å². The molecule has 5 aromatic rings. The Labute approximate surface area is 195 Å². The molecule has 2 heterocycles. The summed E-state index contributed by atoms with van der Waals surface area (Å²) in [6.45, 7) is 0. The normalized spacial score (nSPS) is 12.1. The molecule has 0 radical (unpaired) electrons. The minimum absolute atomic E-state index is 0.557. The van der Waals surface area contributed by atoms with E-state index in [9.17, 15) is 4.79 Å². The third-order valence-corrected chi connectivity index (χ3v) is 5.56. The van der Waals surface area contributed by atoms with Crippen molar-refractivity contribution >= 4 is 33.8 Å². The Hall–Kier alpha value is -4.50. The Morgan fingerprint density at radius 2 is 1.74 bits per heavy atom. The number of carbonyl (C=O) groups excluding carboxylic acids is 1. The lowest BCUT2D eigenvalue weighted by Crippen LogP contribution is -2.22. The van der Waals surface area contributed by atoms with Gasteiger partial charge in [0.15, 0.2) is 23.4 Å². The Balaban J connectivity index is 1.63. The van der Waals surface area contributed by atoms with Gasteiger partial charge >= 0.3 is 0 Å². The molecule has 0 saturated heterocycles. The van der Waals surface area contributed by atoms with E-state index < -0.39 is 12.0 Å². The predicted octanol–water partition coefficient (Wildman–Crippen LogP) is 3.87. The molecule has 170 valence electrons. The van der Waals surface area contributed by atoms with Gasteiger partial charge in [-0.25, -0.2) is 0 Å². The van der Waals surface area contributed by atoms with Crippen LogP contribution in [-0.2, 0) is 9.53 Å². The van der Waals surface area contributed by atoms with Gasteiger partial charge < -0.3 is 20.5 Å². The fourth-order valence-corrected chi connectivity index (χ4v) is 3.93. The molecule has 0 bridgehead atoms. The minimum atomic E-state index is -0.839. The number of anilines is 2. The maximum Gasteiger partial charge on any atom is 0.251 e. The Morgan fingerprint density at radius 1 is 0.971 bits per heavy atom. The van der Waals surface area contributed by atoms with E-state index in [2.05, 4.69) is 15.5 Å². The van der Waals surface area contributed by atoms with Crippen LogP contribution in [0.15, 0.2) is 72.8 Å². The number of primary amides is 1. The van der Waals surface area contributed by atoms with Gasteiger partial charge in [-0.1, -0.05) is 36.4 Å². The molecule has 9 heteroatoms. The summed E-state index contributed by atoms with van der Waals surface area (Å²) in [7, 11) is 3.08. The van der Waals surface area contributed by atoms with Crippen LogP contribution in [0.4, 0.5) is 11.5 Å². The number of nitrogens with two attached hydrogens (primary N) is 1. The second-order valence-electron chi connectivity index (χ2n) is 7.65. The first-order chi connectivity index (χ1) is 16.6. The summed E-state index contributed by atoms with van der Waals surface area (Å²) in [4.78, 5) is 11.7. The van der Waals surface area contributed by atoms with Gasteiger partial charge in [0.1, 0.15) is 5.75 Å². The fraction of sp³-hybridized carbons (Fsp3) is 0.120. The zero-order valence-electron chi connectivity index (χ0n) is 18.6. The topological polar surface area (TPSA) is 117 Å². The van der Waals surface area contributed by atoms with E-state index in [4.69, 9.17) is 20.3 Å². The summed E-state index contributed by atoms with van der Waals surface area (Å²) < 4.78 is 12.2. The molecular formula is C25H22N6O3. The first-order valence-electron chi connectivity index (χ1n) is 10.6. The SMILES string of the molecule is COc1ccc(-c2nnc3c4ccccc4c(Nc4cccc(C(OC)C(N)=O)c4)nn23)cc1. The van der Waals surface area contributed by atoms with Gasteiger partial charge in [-0.3, -0.25) is 4.79 Å². The third kappa shape index (κ3) is 3.78. The molecule has 2 aromatic heterocycles. The average Bonchev–Trinajstić information content (AvgIpc) is 3.29. The van der Waals surface area contributed by atoms with Crippen molar-refractivity contribution in [1.29, 1.82) is 0 Å². The van der Waals surface area contributed by atoms with Crippen molar-refractivity contribution in [3.63, 3.8) is 0 Å². The molecule has 0 aliphatic heterocycles. The highest BCUT2D eigenvalue weighted by Crippen LogP contribution is 2.30. The van der Waals surface area contributed by atoms with Crippen molar-refractivity contribution in [3.8, 4) is 17.1 Å². The standard InChI is InChI=1S/C25H22N6O3/c1-33-18-12-10-15(11-13-18)24-28-29-25-20-9-4-3-8-19(20)23(30-31(24)25)27-17-7-5-6-16(14-17)21(34-2)22(26)32/h3-14,21H,1-2H3,(H2,26,32)(H,27,30). The summed E-state index contributed by atoms with van der Waals surface area (Å²) in [5.41, 5.74) is 8.36. The number of carbonyl (C=O) groups is 1. The molecule has 1 atom stereocenters. The van der Waals surface area contributed by atoms with Crippen molar-refractivity contribution in [2.75, 3.05) is 19.5 Å².